The van der Waals surface area contributed by atoms with E-state index < -0.39 is 89.4 Å². The summed E-state index contributed by atoms with van der Waals surface area (Å²) in [5.41, 5.74) is -10.2. The molecule has 1 saturated heterocycles. The van der Waals surface area contributed by atoms with Crippen LogP contribution in [0.1, 0.15) is 47.5 Å². The minimum Gasteiger partial charge on any atom is -0.465 e. The van der Waals surface area contributed by atoms with Crippen LogP contribution < -0.4 is 0 Å². The van der Waals surface area contributed by atoms with E-state index in [1.807, 2.05) is 0 Å². The Balaban J connectivity index is 3.60. The molecule has 12 heteroatoms. The molecule has 1 aliphatic rings. The molecular weight excluding hydrogens is 432 g/mol. The second-order valence-corrected chi connectivity index (χ2v) is 7.90. The average molecular weight is 460 g/mol. The van der Waals surface area contributed by atoms with Crippen LogP contribution in [0.5, 0.6) is 0 Å². The van der Waals surface area contributed by atoms with Crippen molar-refractivity contribution in [1.82, 2.24) is 0 Å². The first kappa shape index (κ1) is 27.7. The lowest BCUT2D eigenvalue weighted by atomic mass is 9.58. The quantitative estimate of drug-likeness (QED) is 0.199. The van der Waals surface area contributed by atoms with Gasteiger partial charge < -0.3 is 29.9 Å². The van der Waals surface area contributed by atoms with E-state index in [1.165, 1.54) is 0 Å². The van der Waals surface area contributed by atoms with Gasteiger partial charge in [-0.05, 0) is 34.6 Å². The normalized spacial score (nSPS) is 33.2. The Labute approximate surface area is 183 Å². The number of hydrogen-bond donors (Lipinski definition) is 4. The molecule has 0 aromatic heterocycles. The minimum atomic E-state index is -3.54. The van der Waals surface area contributed by atoms with Crippen LogP contribution >= 0.6 is 0 Å². The van der Waals surface area contributed by atoms with Crippen LogP contribution in [0.15, 0.2) is 0 Å². The smallest absolute Gasteiger partial charge is 0.313 e. The first-order valence-corrected chi connectivity index (χ1v) is 9.68. The van der Waals surface area contributed by atoms with E-state index in [0.29, 0.717) is 13.8 Å². The average Bonchev–Trinajstić information content (AvgIpc) is 2.65. The van der Waals surface area contributed by atoms with Crippen molar-refractivity contribution in [1.29, 1.82) is 0 Å². The third-order valence-corrected chi connectivity index (χ3v) is 5.61. The number of aliphatic hydroxyl groups excluding tert-OH is 1. The van der Waals surface area contributed by atoms with E-state index in [4.69, 9.17) is 9.47 Å². The molecule has 4 N–H and O–H groups in total. The van der Waals surface area contributed by atoms with Gasteiger partial charge in [0.25, 0.3) is 0 Å². The largest absolute Gasteiger partial charge is 0.465 e. The Kier molecular flexibility index (Phi) is 8.32. The van der Waals surface area contributed by atoms with Gasteiger partial charge >= 0.3 is 5.97 Å². The third kappa shape index (κ3) is 4.28. The maximum Gasteiger partial charge on any atom is 0.313 e. The van der Waals surface area contributed by atoms with Crippen molar-refractivity contribution in [2.75, 3.05) is 6.61 Å². The fourth-order valence-corrected chi connectivity index (χ4v) is 3.90. The van der Waals surface area contributed by atoms with Gasteiger partial charge in [0.05, 0.1) is 6.61 Å². The lowest BCUT2D eigenvalue weighted by Gasteiger charge is -2.58. The zero-order valence-corrected chi connectivity index (χ0v) is 18.4. The molecule has 1 heterocycles. The molecular formula is C20H28O12. The predicted octanol–water partition coefficient (Wildman–Crippen LogP) is -2.42. The highest BCUT2D eigenvalue weighted by Gasteiger charge is 2.78. The summed E-state index contributed by atoms with van der Waals surface area (Å²) >= 11 is 0. The summed E-state index contributed by atoms with van der Waals surface area (Å²) in [6, 6.07) is 0. The summed E-state index contributed by atoms with van der Waals surface area (Å²) in [6.45, 7) is 3.60. The molecule has 180 valence electrons. The molecule has 1 unspecified atom stereocenters. The van der Waals surface area contributed by atoms with Crippen LogP contribution in [0.3, 0.4) is 0 Å². The highest BCUT2D eigenvalue weighted by atomic mass is 16.6. The van der Waals surface area contributed by atoms with Gasteiger partial charge in [0.1, 0.15) is 30.5 Å². The van der Waals surface area contributed by atoms with Crippen LogP contribution in [-0.4, -0.2) is 97.0 Å². The van der Waals surface area contributed by atoms with Crippen molar-refractivity contribution in [2.24, 2.45) is 0 Å². The van der Waals surface area contributed by atoms with Gasteiger partial charge in [0, 0.05) is 6.42 Å². The molecule has 1 fully saturated rings. The lowest BCUT2D eigenvalue weighted by molar-refractivity contribution is -0.328. The Bertz CT molecular complexity index is 834. The van der Waals surface area contributed by atoms with Crippen molar-refractivity contribution in [3.05, 3.63) is 0 Å². The molecule has 0 radical (unpaired) electrons. The molecule has 0 saturated carbocycles. The van der Waals surface area contributed by atoms with Gasteiger partial charge in [-0.25, -0.2) is 0 Å². The second-order valence-electron chi connectivity index (χ2n) is 7.90. The van der Waals surface area contributed by atoms with Crippen LogP contribution in [0, 0.1) is 0 Å². The number of rotatable bonds is 10. The van der Waals surface area contributed by atoms with Gasteiger partial charge in [-0.3, -0.25) is 28.8 Å². The van der Waals surface area contributed by atoms with Crippen molar-refractivity contribution in [2.45, 2.75) is 82.6 Å². The summed E-state index contributed by atoms with van der Waals surface area (Å²) in [5, 5.41) is 43.9. The first-order chi connectivity index (χ1) is 14.5. The molecule has 1 aliphatic heterocycles. The fourth-order valence-electron chi connectivity index (χ4n) is 3.90. The highest BCUT2D eigenvalue weighted by molar-refractivity contribution is 6.05. The zero-order valence-electron chi connectivity index (χ0n) is 18.4. The summed E-state index contributed by atoms with van der Waals surface area (Å²) < 4.78 is 10.2. The number of ketones is 5. The molecule has 0 aromatic carbocycles. The van der Waals surface area contributed by atoms with Crippen molar-refractivity contribution < 1.29 is 58.7 Å². The number of hydrogen-bond acceptors (Lipinski definition) is 12. The molecule has 0 spiro atoms. The molecule has 0 aliphatic carbocycles. The van der Waals surface area contributed by atoms with Crippen LogP contribution in [0.4, 0.5) is 0 Å². The molecule has 0 amide bonds. The Morgan fingerprint density at radius 1 is 0.875 bits per heavy atom. The monoisotopic (exact) mass is 460 g/mol. The minimum absolute atomic E-state index is 0.494. The maximum absolute atomic E-state index is 12.5. The SMILES string of the molecule is CC(=O)CC(=O)OCC[C@@H]1O[C@H](C(O)C(C)=O)[C@](O)(C(C)=O)[C@@](O)(C(C)=O)[C@]1(O)C(C)=O. The number of Topliss-reactive ketones (excluding diaryl/α,β-unsaturated/α-hetero) is 5. The molecule has 32 heavy (non-hydrogen) atoms. The van der Waals surface area contributed by atoms with E-state index in [1.54, 1.807) is 0 Å². The number of aliphatic hydroxyl groups is 4. The summed E-state index contributed by atoms with van der Waals surface area (Å²) in [7, 11) is 0. The van der Waals surface area contributed by atoms with E-state index in [9.17, 15) is 49.2 Å². The van der Waals surface area contributed by atoms with E-state index >= 15 is 0 Å². The second kappa shape index (κ2) is 9.63. The predicted molar refractivity (Wildman–Crippen MR) is 103 cm³/mol. The Morgan fingerprint density at radius 3 is 1.75 bits per heavy atom. The van der Waals surface area contributed by atoms with Gasteiger partial charge in [-0.1, -0.05) is 0 Å². The molecule has 0 aromatic rings. The highest BCUT2D eigenvalue weighted by Crippen LogP contribution is 2.48. The lowest BCUT2D eigenvalue weighted by Crippen LogP contribution is -2.87. The molecule has 6 atom stereocenters. The van der Waals surface area contributed by atoms with Gasteiger partial charge in [0.2, 0.25) is 0 Å². The van der Waals surface area contributed by atoms with Gasteiger partial charge in [-0.15, -0.1) is 0 Å². The van der Waals surface area contributed by atoms with Crippen molar-refractivity contribution in [3.63, 3.8) is 0 Å². The topological polar surface area (TPSA) is 202 Å². The van der Waals surface area contributed by atoms with Crippen LogP contribution in [-0.2, 0) is 38.2 Å². The molecule has 1 rings (SSSR count). The van der Waals surface area contributed by atoms with Crippen molar-refractivity contribution >= 4 is 34.9 Å². The van der Waals surface area contributed by atoms with Gasteiger partial charge in [0.15, 0.2) is 39.9 Å². The summed E-state index contributed by atoms with van der Waals surface area (Å²) in [6.07, 6.45) is -7.56. The molecule has 0 bridgehead atoms. The first-order valence-electron chi connectivity index (χ1n) is 9.68. The standard InChI is InChI=1S/C20H28O12/c1-9(21)8-15(26)31-7-6-14-18(28,11(3)23)20(30,13(5)25)19(29,12(4)24)17(32-14)16(27)10(2)22/h14,16-17,27-30H,6-8H2,1-5H3/t14-,16?,17+,18-,19+,20+/m0/s1. The number of carbonyl (C=O) groups excluding carboxylic acids is 6. The Morgan fingerprint density at radius 2 is 1.38 bits per heavy atom. The fraction of sp³-hybridized carbons (Fsp3) is 0.700. The van der Waals surface area contributed by atoms with Crippen molar-refractivity contribution in [3.8, 4) is 0 Å². The van der Waals surface area contributed by atoms with E-state index in [-0.39, 0.29) is 0 Å². The molecule has 12 nitrogen and oxygen atoms in total. The van der Waals surface area contributed by atoms with Gasteiger partial charge in [-0.2, -0.15) is 0 Å². The Hall–Kier alpha value is -2.38. The number of esters is 1. The summed E-state index contributed by atoms with van der Waals surface area (Å²) in [5.74, 6) is -6.53. The van der Waals surface area contributed by atoms with Crippen LogP contribution in [0.2, 0.25) is 0 Å². The van der Waals surface area contributed by atoms with E-state index in [0.717, 1.165) is 20.8 Å². The third-order valence-electron chi connectivity index (χ3n) is 5.61. The van der Waals surface area contributed by atoms with Crippen LogP contribution in [0.25, 0.3) is 0 Å². The summed E-state index contributed by atoms with van der Waals surface area (Å²) in [4.78, 5) is 71.8. The number of ether oxygens (including phenoxy) is 2. The maximum atomic E-state index is 12.5. The zero-order chi connectivity index (χ0) is 25.2. The number of carbonyl (C=O) groups is 6. The van der Waals surface area contributed by atoms with E-state index in [2.05, 4.69) is 0 Å².